The molecular formula is C11H11N5. The van der Waals surface area contributed by atoms with E-state index < -0.39 is 0 Å². The Hall–Kier alpha value is -2.14. The molecule has 3 aromatic rings. The van der Waals surface area contributed by atoms with Crippen molar-refractivity contribution in [1.29, 1.82) is 0 Å². The quantitative estimate of drug-likeness (QED) is 0.601. The average Bonchev–Trinajstić information content (AvgIpc) is 2.96. The van der Waals surface area contributed by atoms with Crippen LogP contribution in [0.2, 0.25) is 0 Å². The summed E-state index contributed by atoms with van der Waals surface area (Å²) in [6.45, 7) is 0.502. The lowest BCUT2D eigenvalue weighted by atomic mass is 10.1. The van der Waals surface area contributed by atoms with Gasteiger partial charge in [-0.25, -0.2) is 0 Å². The molecule has 16 heavy (non-hydrogen) atoms. The second-order valence-electron chi connectivity index (χ2n) is 3.60. The molecule has 0 bridgehead atoms. The van der Waals surface area contributed by atoms with Gasteiger partial charge in [-0.05, 0) is 11.6 Å². The van der Waals surface area contributed by atoms with E-state index in [0.29, 0.717) is 6.54 Å². The summed E-state index contributed by atoms with van der Waals surface area (Å²) in [4.78, 5) is 0. The highest BCUT2D eigenvalue weighted by Crippen LogP contribution is 2.27. The number of hydrogen-bond acceptors (Lipinski definition) is 3. The van der Waals surface area contributed by atoms with E-state index in [1.165, 1.54) is 0 Å². The van der Waals surface area contributed by atoms with Crippen molar-refractivity contribution in [3.05, 3.63) is 36.2 Å². The average molecular weight is 213 g/mol. The van der Waals surface area contributed by atoms with Crippen LogP contribution in [0.4, 0.5) is 0 Å². The van der Waals surface area contributed by atoms with E-state index in [4.69, 9.17) is 5.73 Å². The number of hydrogen-bond donors (Lipinski definition) is 3. The number of fused-ring (bicyclic) bond motifs is 1. The van der Waals surface area contributed by atoms with Gasteiger partial charge in [-0.3, -0.25) is 10.2 Å². The van der Waals surface area contributed by atoms with E-state index in [9.17, 15) is 0 Å². The van der Waals surface area contributed by atoms with Crippen LogP contribution >= 0.6 is 0 Å². The van der Waals surface area contributed by atoms with Crippen molar-refractivity contribution in [1.82, 2.24) is 20.4 Å². The number of nitrogens with one attached hydrogen (secondary N) is 2. The first-order valence-corrected chi connectivity index (χ1v) is 5.05. The maximum atomic E-state index is 5.73. The molecule has 0 saturated carbocycles. The first kappa shape index (κ1) is 9.11. The van der Waals surface area contributed by atoms with Crippen LogP contribution in [0.1, 0.15) is 5.56 Å². The van der Waals surface area contributed by atoms with Gasteiger partial charge in [0.1, 0.15) is 5.69 Å². The van der Waals surface area contributed by atoms with E-state index in [1.807, 2.05) is 24.4 Å². The second-order valence-corrected chi connectivity index (χ2v) is 3.60. The molecule has 80 valence electrons. The van der Waals surface area contributed by atoms with Crippen LogP contribution in [-0.2, 0) is 6.54 Å². The molecule has 0 aliphatic carbocycles. The van der Waals surface area contributed by atoms with E-state index in [0.717, 1.165) is 27.7 Å². The van der Waals surface area contributed by atoms with Crippen LogP contribution < -0.4 is 5.73 Å². The SMILES string of the molecule is NCc1cccc2[nH]nc(-c3cn[nH]c3)c12. The highest BCUT2D eigenvalue weighted by molar-refractivity contribution is 5.95. The monoisotopic (exact) mass is 213 g/mol. The molecule has 3 rings (SSSR count). The van der Waals surface area contributed by atoms with Crippen molar-refractivity contribution in [3.63, 3.8) is 0 Å². The Morgan fingerprint density at radius 2 is 2.25 bits per heavy atom. The van der Waals surface area contributed by atoms with Gasteiger partial charge in [0.2, 0.25) is 0 Å². The van der Waals surface area contributed by atoms with Gasteiger partial charge in [0.25, 0.3) is 0 Å². The van der Waals surface area contributed by atoms with E-state index in [1.54, 1.807) is 6.20 Å². The number of nitrogens with zero attached hydrogens (tertiary/aromatic N) is 2. The number of H-pyrrole nitrogens is 2. The van der Waals surface area contributed by atoms with Crippen LogP contribution in [0.25, 0.3) is 22.2 Å². The molecule has 2 aromatic heterocycles. The van der Waals surface area contributed by atoms with Crippen molar-refractivity contribution < 1.29 is 0 Å². The van der Waals surface area contributed by atoms with Gasteiger partial charge in [0, 0.05) is 23.7 Å². The maximum Gasteiger partial charge on any atom is 0.103 e. The third-order valence-corrected chi connectivity index (χ3v) is 2.67. The van der Waals surface area contributed by atoms with Crippen molar-refractivity contribution in [2.75, 3.05) is 0 Å². The summed E-state index contributed by atoms with van der Waals surface area (Å²) in [5, 5.41) is 15.1. The summed E-state index contributed by atoms with van der Waals surface area (Å²) >= 11 is 0. The zero-order valence-corrected chi connectivity index (χ0v) is 8.57. The molecule has 2 heterocycles. The van der Waals surface area contributed by atoms with Gasteiger partial charge >= 0.3 is 0 Å². The summed E-state index contributed by atoms with van der Waals surface area (Å²) < 4.78 is 0. The fraction of sp³-hybridized carbons (Fsp3) is 0.0909. The standard InChI is InChI=1S/C11H11N5/c12-4-7-2-1-3-9-10(7)11(16-15-9)8-5-13-14-6-8/h1-3,5-6H,4,12H2,(H,13,14)(H,15,16). The van der Waals surface area contributed by atoms with Crippen molar-refractivity contribution >= 4 is 10.9 Å². The van der Waals surface area contributed by atoms with Crippen molar-refractivity contribution in [3.8, 4) is 11.3 Å². The van der Waals surface area contributed by atoms with Crippen LogP contribution in [0, 0.1) is 0 Å². The highest BCUT2D eigenvalue weighted by atomic mass is 15.1. The molecule has 0 aliphatic heterocycles. The van der Waals surface area contributed by atoms with Gasteiger partial charge in [-0.1, -0.05) is 12.1 Å². The minimum Gasteiger partial charge on any atom is -0.326 e. The minimum atomic E-state index is 0.502. The van der Waals surface area contributed by atoms with Gasteiger partial charge in [0.15, 0.2) is 0 Å². The van der Waals surface area contributed by atoms with Gasteiger partial charge in [-0.15, -0.1) is 0 Å². The first-order chi connectivity index (χ1) is 7.90. The Bertz CT molecular complexity index is 608. The summed E-state index contributed by atoms with van der Waals surface area (Å²) in [5.41, 5.74) is 9.68. The molecule has 1 aromatic carbocycles. The lowest BCUT2D eigenvalue weighted by molar-refractivity contribution is 1.09. The zero-order valence-electron chi connectivity index (χ0n) is 8.57. The first-order valence-electron chi connectivity index (χ1n) is 5.05. The summed E-state index contributed by atoms with van der Waals surface area (Å²) in [7, 11) is 0. The summed E-state index contributed by atoms with van der Waals surface area (Å²) in [6.07, 6.45) is 3.58. The molecule has 5 nitrogen and oxygen atoms in total. The number of aromatic amines is 2. The molecule has 0 saturated heterocycles. The number of aromatic nitrogens is 4. The molecule has 0 atom stereocenters. The minimum absolute atomic E-state index is 0.502. The fourth-order valence-electron chi connectivity index (χ4n) is 1.90. The summed E-state index contributed by atoms with van der Waals surface area (Å²) in [5.74, 6) is 0. The van der Waals surface area contributed by atoms with E-state index in [-0.39, 0.29) is 0 Å². The fourth-order valence-corrected chi connectivity index (χ4v) is 1.90. The molecule has 4 N–H and O–H groups in total. The van der Waals surface area contributed by atoms with E-state index >= 15 is 0 Å². The third kappa shape index (κ3) is 1.22. The Kier molecular flexibility index (Phi) is 1.97. The highest BCUT2D eigenvalue weighted by Gasteiger charge is 2.11. The molecule has 0 spiro atoms. The van der Waals surface area contributed by atoms with Crippen LogP contribution in [0.5, 0.6) is 0 Å². The molecule has 0 unspecified atom stereocenters. The Morgan fingerprint density at radius 3 is 3.00 bits per heavy atom. The molecule has 0 radical (unpaired) electrons. The third-order valence-electron chi connectivity index (χ3n) is 2.67. The predicted molar refractivity (Wildman–Crippen MR) is 61.6 cm³/mol. The lowest BCUT2D eigenvalue weighted by Crippen LogP contribution is -1.96. The molecule has 0 fully saturated rings. The number of rotatable bonds is 2. The maximum absolute atomic E-state index is 5.73. The zero-order chi connectivity index (χ0) is 11.0. The Balaban J connectivity index is 2.34. The molecular weight excluding hydrogens is 202 g/mol. The van der Waals surface area contributed by atoms with Gasteiger partial charge < -0.3 is 5.73 Å². The Labute approximate surface area is 91.7 Å². The van der Waals surface area contributed by atoms with Crippen LogP contribution in [-0.4, -0.2) is 20.4 Å². The normalized spacial score (nSPS) is 11.1. The Morgan fingerprint density at radius 1 is 1.31 bits per heavy atom. The van der Waals surface area contributed by atoms with Crippen molar-refractivity contribution in [2.45, 2.75) is 6.54 Å². The predicted octanol–water partition coefficient (Wildman–Crippen LogP) is 1.41. The van der Waals surface area contributed by atoms with Crippen molar-refractivity contribution in [2.24, 2.45) is 5.73 Å². The van der Waals surface area contributed by atoms with E-state index in [2.05, 4.69) is 20.4 Å². The van der Waals surface area contributed by atoms with Crippen LogP contribution in [0.15, 0.2) is 30.6 Å². The van der Waals surface area contributed by atoms with Gasteiger partial charge in [-0.2, -0.15) is 10.2 Å². The lowest BCUT2D eigenvalue weighted by Gasteiger charge is -2.00. The number of nitrogens with two attached hydrogens (primary N) is 1. The molecule has 5 heteroatoms. The van der Waals surface area contributed by atoms with Gasteiger partial charge in [0.05, 0.1) is 11.7 Å². The largest absolute Gasteiger partial charge is 0.326 e. The smallest absolute Gasteiger partial charge is 0.103 e. The second kappa shape index (κ2) is 3.46. The van der Waals surface area contributed by atoms with Crippen LogP contribution in [0.3, 0.4) is 0 Å². The number of benzene rings is 1. The topological polar surface area (TPSA) is 83.4 Å². The molecule has 0 aliphatic rings. The molecule has 0 amide bonds. The summed E-state index contributed by atoms with van der Waals surface area (Å²) in [6, 6.07) is 5.98.